The van der Waals surface area contributed by atoms with Crippen LogP contribution in [0.5, 0.6) is 0 Å². The van der Waals surface area contributed by atoms with E-state index >= 15 is 0 Å². The molecule has 18 heavy (non-hydrogen) atoms. The van der Waals surface area contributed by atoms with Crippen molar-refractivity contribution in [2.24, 2.45) is 0 Å². The van der Waals surface area contributed by atoms with Crippen LogP contribution in [0, 0.1) is 0 Å². The van der Waals surface area contributed by atoms with Crippen LogP contribution in [-0.2, 0) is 19.8 Å². The molecule has 0 aromatic heterocycles. The third-order valence-electron chi connectivity index (χ3n) is 3.63. The molecule has 0 saturated carbocycles. The molecule has 1 heterocycles. The number of amides is 2. The molecule has 1 aromatic rings. The third kappa shape index (κ3) is 1.56. The van der Waals surface area contributed by atoms with E-state index in [4.69, 9.17) is 0 Å². The standard InChI is InChI=1S/C14H15NO3/c1-3-14(10-7-5-4-6-8-10)11(16)9-12(17)15(2)13(14)18/h4-8H,3,9H2,1-2H3. The number of ketones is 1. The average Bonchev–Trinajstić information content (AvgIpc) is 2.39. The van der Waals surface area contributed by atoms with Crippen LogP contribution < -0.4 is 0 Å². The molecule has 1 unspecified atom stereocenters. The highest BCUT2D eigenvalue weighted by Crippen LogP contribution is 2.35. The molecule has 0 N–H and O–H groups in total. The number of hydrogen-bond donors (Lipinski definition) is 0. The molecule has 1 saturated heterocycles. The van der Waals surface area contributed by atoms with E-state index in [0.29, 0.717) is 12.0 Å². The Balaban J connectivity index is 2.58. The van der Waals surface area contributed by atoms with Gasteiger partial charge in [-0.05, 0) is 12.0 Å². The monoisotopic (exact) mass is 245 g/mol. The molecule has 1 aliphatic rings. The van der Waals surface area contributed by atoms with Crippen molar-refractivity contribution in [3.05, 3.63) is 35.9 Å². The SMILES string of the molecule is CCC1(c2ccccc2)C(=O)CC(=O)N(C)C1=O. The van der Waals surface area contributed by atoms with Gasteiger partial charge in [-0.15, -0.1) is 0 Å². The topological polar surface area (TPSA) is 54.5 Å². The van der Waals surface area contributed by atoms with Crippen molar-refractivity contribution in [1.29, 1.82) is 0 Å². The van der Waals surface area contributed by atoms with Crippen LogP contribution in [0.15, 0.2) is 30.3 Å². The second kappa shape index (κ2) is 4.37. The van der Waals surface area contributed by atoms with Crippen LogP contribution in [0.3, 0.4) is 0 Å². The number of rotatable bonds is 2. The Morgan fingerprint density at radius 3 is 2.33 bits per heavy atom. The second-order valence-electron chi connectivity index (χ2n) is 4.48. The Morgan fingerprint density at radius 1 is 1.17 bits per heavy atom. The van der Waals surface area contributed by atoms with E-state index in [9.17, 15) is 14.4 Å². The van der Waals surface area contributed by atoms with Crippen molar-refractivity contribution in [2.45, 2.75) is 25.2 Å². The van der Waals surface area contributed by atoms with Gasteiger partial charge in [-0.1, -0.05) is 37.3 Å². The Bertz CT molecular complexity index is 509. The summed E-state index contributed by atoms with van der Waals surface area (Å²) >= 11 is 0. The number of benzene rings is 1. The van der Waals surface area contributed by atoms with Gasteiger partial charge in [0.25, 0.3) is 0 Å². The smallest absolute Gasteiger partial charge is 0.247 e. The number of nitrogens with zero attached hydrogens (tertiary/aromatic N) is 1. The van der Waals surface area contributed by atoms with Gasteiger partial charge in [-0.25, -0.2) is 0 Å². The lowest BCUT2D eigenvalue weighted by molar-refractivity contribution is -0.156. The molecule has 0 aliphatic carbocycles. The first-order valence-electron chi connectivity index (χ1n) is 5.94. The van der Waals surface area contributed by atoms with Crippen molar-refractivity contribution >= 4 is 17.6 Å². The molecular formula is C14H15NO3. The summed E-state index contributed by atoms with van der Waals surface area (Å²) in [5, 5.41) is 0. The highest BCUT2D eigenvalue weighted by Gasteiger charge is 2.52. The maximum Gasteiger partial charge on any atom is 0.247 e. The number of piperidine rings is 1. The summed E-state index contributed by atoms with van der Waals surface area (Å²) in [6.45, 7) is 1.80. The molecular weight excluding hydrogens is 230 g/mol. The maximum atomic E-state index is 12.4. The Kier molecular flexibility index (Phi) is 3.03. The number of hydrogen-bond acceptors (Lipinski definition) is 3. The summed E-state index contributed by atoms with van der Waals surface area (Å²) < 4.78 is 0. The van der Waals surface area contributed by atoms with Gasteiger partial charge in [-0.3, -0.25) is 19.3 Å². The van der Waals surface area contributed by atoms with Crippen LogP contribution in [0.2, 0.25) is 0 Å². The first-order chi connectivity index (χ1) is 8.54. The number of likely N-dealkylation sites (N-methyl/N-ethyl adjacent to an activating group) is 1. The van der Waals surface area contributed by atoms with Crippen LogP contribution in [0.4, 0.5) is 0 Å². The fourth-order valence-electron chi connectivity index (χ4n) is 2.49. The normalized spacial score (nSPS) is 24.6. The van der Waals surface area contributed by atoms with Gasteiger partial charge < -0.3 is 0 Å². The van der Waals surface area contributed by atoms with E-state index in [2.05, 4.69) is 0 Å². The molecule has 1 fully saturated rings. The number of likely N-dealkylation sites (tertiary alicyclic amines) is 1. The molecule has 4 heteroatoms. The minimum absolute atomic E-state index is 0.203. The largest absolute Gasteiger partial charge is 0.298 e. The van der Waals surface area contributed by atoms with E-state index in [1.807, 2.05) is 6.07 Å². The summed E-state index contributed by atoms with van der Waals surface area (Å²) in [5.41, 5.74) is -0.522. The van der Waals surface area contributed by atoms with E-state index < -0.39 is 17.2 Å². The van der Waals surface area contributed by atoms with Crippen LogP contribution in [0.25, 0.3) is 0 Å². The average molecular weight is 245 g/mol. The molecule has 94 valence electrons. The van der Waals surface area contributed by atoms with Gasteiger partial charge >= 0.3 is 0 Å². The van der Waals surface area contributed by atoms with Crippen molar-refractivity contribution in [2.75, 3.05) is 7.05 Å². The lowest BCUT2D eigenvalue weighted by Gasteiger charge is -2.37. The minimum atomic E-state index is -1.19. The number of carbonyl (C=O) groups excluding carboxylic acids is 3. The van der Waals surface area contributed by atoms with Crippen molar-refractivity contribution in [1.82, 2.24) is 4.90 Å². The van der Waals surface area contributed by atoms with Crippen molar-refractivity contribution in [3.8, 4) is 0 Å². The van der Waals surface area contributed by atoms with Gasteiger partial charge in [0, 0.05) is 7.05 Å². The summed E-state index contributed by atoms with van der Waals surface area (Å²) in [4.78, 5) is 37.2. The van der Waals surface area contributed by atoms with Crippen molar-refractivity contribution in [3.63, 3.8) is 0 Å². The molecule has 1 aliphatic heterocycles. The Hall–Kier alpha value is -1.97. The zero-order chi connectivity index (χ0) is 13.3. The fourth-order valence-corrected chi connectivity index (χ4v) is 2.49. The molecule has 2 amide bonds. The van der Waals surface area contributed by atoms with Gasteiger partial charge in [0.1, 0.15) is 5.41 Å². The molecule has 1 atom stereocenters. The molecule has 0 bridgehead atoms. The summed E-state index contributed by atoms with van der Waals surface area (Å²) in [5.74, 6) is -1.15. The van der Waals surface area contributed by atoms with E-state index in [0.717, 1.165) is 4.90 Å². The van der Waals surface area contributed by atoms with Gasteiger partial charge in [0.05, 0.1) is 6.42 Å². The summed E-state index contributed by atoms with van der Waals surface area (Å²) in [6.07, 6.45) is 0.164. The Labute approximate surface area is 106 Å². The van der Waals surface area contributed by atoms with E-state index in [1.54, 1.807) is 31.2 Å². The van der Waals surface area contributed by atoms with E-state index in [1.165, 1.54) is 7.05 Å². The van der Waals surface area contributed by atoms with Crippen LogP contribution in [-0.4, -0.2) is 29.5 Å². The molecule has 0 radical (unpaired) electrons. The lowest BCUT2D eigenvalue weighted by Crippen LogP contribution is -2.57. The third-order valence-corrected chi connectivity index (χ3v) is 3.63. The van der Waals surface area contributed by atoms with Crippen LogP contribution in [0.1, 0.15) is 25.3 Å². The quantitative estimate of drug-likeness (QED) is 0.583. The first-order valence-corrected chi connectivity index (χ1v) is 5.94. The van der Waals surface area contributed by atoms with E-state index in [-0.39, 0.29) is 12.2 Å². The zero-order valence-corrected chi connectivity index (χ0v) is 10.5. The molecule has 1 aromatic carbocycles. The summed E-state index contributed by atoms with van der Waals surface area (Å²) in [6, 6.07) is 8.96. The van der Waals surface area contributed by atoms with Gasteiger partial charge in [-0.2, -0.15) is 0 Å². The Morgan fingerprint density at radius 2 is 1.78 bits per heavy atom. The highest BCUT2D eigenvalue weighted by atomic mass is 16.2. The first kappa shape index (κ1) is 12.5. The number of carbonyl (C=O) groups is 3. The zero-order valence-electron chi connectivity index (χ0n) is 10.5. The number of Topliss-reactive ketones (excluding diaryl/α,β-unsaturated/α-hetero) is 1. The minimum Gasteiger partial charge on any atom is -0.298 e. The molecule has 2 rings (SSSR count). The maximum absolute atomic E-state index is 12.4. The van der Waals surface area contributed by atoms with Gasteiger partial charge in [0.2, 0.25) is 11.8 Å². The molecule has 4 nitrogen and oxygen atoms in total. The second-order valence-corrected chi connectivity index (χ2v) is 4.48. The fraction of sp³-hybridized carbons (Fsp3) is 0.357. The predicted molar refractivity (Wildman–Crippen MR) is 65.8 cm³/mol. The van der Waals surface area contributed by atoms with Crippen LogP contribution >= 0.6 is 0 Å². The molecule has 0 spiro atoms. The lowest BCUT2D eigenvalue weighted by atomic mass is 9.70. The van der Waals surface area contributed by atoms with Gasteiger partial charge in [0.15, 0.2) is 5.78 Å². The highest BCUT2D eigenvalue weighted by molar-refractivity contribution is 6.24. The van der Waals surface area contributed by atoms with Crippen molar-refractivity contribution < 1.29 is 14.4 Å². The number of imide groups is 1. The predicted octanol–water partition coefficient (Wildman–Crippen LogP) is 1.29. The summed E-state index contributed by atoms with van der Waals surface area (Å²) in [7, 11) is 1.43.